The first-order valence-electron chi connectivity index (χ1n) is 7.32. The number of carboxylic acids is 1. The predicted octanol–water partition coefficient (Wildman–Crippen LogP) is 1.65. The molecule has 0 bridgehead atoms. The van der Waals surface area contributed by atoms with Crippen LogP contribution in [0.25, 0.3) is 10.9 Å². The second kappa shape index (κ2) is 5.83. The molecular weight excluding hydrogens is 303 g/mol. The molecule has 1 aliphatic rings. The third-order valence-electron chi connectivity index (χ3n) is 4.20. The van der Waals surface area contributed by atoms with Crippen molar-refractivity contribution in [1.82, 2.24) is 10.3 Å². The van der Waals surface area contributed by atoms with Crippen LogP contribution in [-0.2, 0) is 4.79 Å². The van der Waals surface area contributed by atoms with E-state index in [1.165, 1.54) is 12.1 Å². The molecule has 1 aliphatic carbocycles. The SMILES string of the molecule is O=C(N[C@H]1CCC[C@H]1C(=O)O)c1cc(=O)[nH]c2cc(F)ccc12. The summed E-state index contributed by atoms with van der Waals surface area (Å²) in [5.74, 6) is -2.60. The largest absolute Gasteiger partial charge is 0.481 e. The van der Waals surface area contributed by atoms with Gasteiger partial charge in [0.05, 0.1) is 17.0 Å². The molecule has 120 valence electrons. The lowest BCUT2D eigenvalue weighted by Crippen LogP contribution is -2.40. The average Bonchev–Trinajstić information content (AvgIpc) is 2.94. The Hall–Kier alpha value is -2.70. The van der Waals surface area contributed by atoms with E-state index in [2.05, 4.69) is 10.3 Å². The van der Waals surface area contributed by atoms with Gasteiger partial charge in [-0.05, 0) is 31.0 Å². The van der Waals surface area contributed by atoms with Crippen LogP contribution in [0.1, 0.15) is 29.6 Å². The number of aromatic nitrogens is 1. The molecule has 7 heteroatoms. The van der Waals surface area contributed by atoms with Gasteiger partial charge in [-0.25, -0.2) is 4.39 Å². The molecule has 23 heavy (non-hydrogen) atoms. The van der Waals surface area contributed by atoms with Gasteiger partial charge >= 0.3 is 5.97 Å². The van der Waals surface area contributed by atoms with Crippen LogP contribution in [0.3, 0.4) is 0 Å². The summed E-state index contributed by atoms with van der Waals surface area (Å²) in [6.45, 7) is 0. The number of halogens is 1. The number of carbonyl (C=O) groups excluding carboxylic acids is 1. The molecule has 1 heterocycles. The van der Waals surface area contributed by atoms with E-state index >= 15 is 0 Å². The first-order valence-corrected chi connectivity index (χ1v) is 7.32. The molecule has 1 fully saturated rings. The van der Waals surface area contributed by atoms with Crippen molar-refractivity contribution in [1.29, 1.82) is 0 Å². The fraction of sp³-hybridized carbons (Fsp3) is 0.312. The molecule has 1 aromatic heterocycles. The van der Waals surface area contributed by atoms with Gasteiger partial charge in [0, 0.05) is 17.5 Å². The van der Waals surface area contributed by atoms with E-state index < -0.39 is 35.2 Å². The number of hydrogen-bond acceptors (Lipinski definition) is 3. The summed E-state index contributed by atoms with van der Waals surface area (Å²) in [5.41, 5.74) is -0.182. The van der Waals surface area contributed by atoms with Crippen molar-refractivity contribution in [2.24, 2.45) is 5.92 Å². The fourth-order valence-electron chi connectivity index (χ4n) is 3.09. The summed E-state index contributed by atoms with van der Waals surface area (Å²) in [6.07, 6.45) is 1.82. The molecular formula is C16H15FN2O4. The van der Waals surface area contributed by atoms with Gasteiger partial charge in [-0.15, -0.1) is 0 Å². The number of carbonyl (C=O) groups is 2. The molecule has 0 aliphatic heterocycles. The number of benzene rings is 1. The third kappa shape index (κ3) is 2.94. The quantitative estimate of drug-likeness (QED) is 0.801. The van der Waals surface area contributed by atoms with Gasteiger partial charge in [-0.1, -0.05) is 6.42 Å². The molecule has 0 spiro atoms. The number of fused-ring (bicyclic) bond motifs is 1. The normalized spacial score (nSPS) is 20.6. The Morgan fingerprint density at radius 2 is 2.04 bits per heavy atom. The Bertz CT molecular complexity index is 846. The highest BCUT2D eigenvalue weighted by Crippen LogP contribution is 2.26. The van der Waals surface area contributed by atoms with Crippen LogP contribution in [0, 0.1) is 11.7 Å². The number of aromatic amines is 1. The van der Waals surface area contributed by atoms with Crippen molar-refractivity contribution in [2.75, 3.05) is 0 Å². The van der Waals surface area contributed by atoms with E-state index in [-0.39, 0.29) is 11.1 Å². The molecule has 3 N–H and O–H groups in total. The highest BCUT2D eigenvalue weighted by Gasteiger charge is 2.34. The minimum atomic E-state index is -0.939. The van der Waals surface area contributed by atoms with Crippen molar-refractivity contribution in [3.63, 3.8) is 0 Å². The first kappa shape index (κ1) is 15.2. The Balaban J connectivity index is 1.95. The lowest BCUT2D eigenvalue weighted by Gasteiger charge is -2.18. The molecule has 0 radical (unpaired) electrons. The van der Waals surface area contributed by atoms with E-state index in [9.17, 15) is 18.8 Å². The van der Waals surface area contributed by atoms with Gasteiger partial charge in [0.2, 0.25) is 5.56 Å². The number of rotatable bonds is 3. The molecule has 1 amide bonds. The lowest BCUT2D eigenvalue weighted by atomic mass is 10.0. The van der Waals surface area contributed by atoms with E-state index in [0.717, 1.165) is 18.6 Å². The van der Waals surface area contributed by atoms with Crippen LogP contribution < -0.4 is 10.9 Å². The van der Waals surface area contributed by atoms with Crippen molar-refractivity contribution < 1.29 is 19.1 Å². The van der Waals surface area contributed by atoms with Crippen molar-refractivity contribution in [3.05, 3.63) is 46.0 Å². The number of amides is 1. The monoisotopic (exact) mass is 318 g/mol. The van der Waals surface area contributed by atoms with Gasteiger partial charge in [0.15, 0.2) is 0 Å². The van der Waals surface area contributed by atoms with Gasteiger partial charge in [-0.3, -0.25) is 14.4 Å². The van der Waals surface area contributed by atoms with Crippen LogP contribution in [0.4, 0.5) is 4.39 Å². The fourth-order valence-corrected chi connectivity index (χ4v) is 3.09. The Morgan fingerprint density at radius 1 is 1.26 bits per heavy atom. The van der Waals surface area contributed by atoms with Gasteiger partial charge in [0.1, 0.15) is 5.82 Å². The van der Waals surface area contributed by atoms with Crippen LogP contribution >= 0.6 is 0 Å². The predicted molar refractivity (Wildman–Crippen MR) is 80.8 cm³/mol. The number of nitrogens with one attached hydrogen (secondary N) is 2. The lowest BCUT2D eigenvalue weighted by molar-refractivity contribution is -0.142. The zero-order valence-electron chi connectivity index (χ0n) is 12.1. The second-order valence-corrected chi connectivity index (χ2v) is 5.69. The molecule has 1 saturated carbocycles. The van der Waals surface area contributed by atoms with E-state index in [0.29, 0.717) is 18.2 Å². The van der Waals surface area contributed by atoms with Crippen LogP contribution in [0.5, 0.6) is 0 Å². The van der Waals surface area contributed by atoms with Gasteiger partial charge in [0.25, 0.3) is 5.91 Å². The molecule has 0 saturated heterocycles. The number of aliphatic carboxylic acids is 1. The Kier molecular flexibility index (Phi) is 3.85. The number of hydrogen-bond donors (Lipinski definition) is 3. The summed E-state index contributed by atoms with van der Waals surface area (Å²) in [6, 6.07) is 4.43. The topological polar surface area (TPSA) is 99.3 Å². The zero-order chi connectivity index (χ0) is 16.6. The van der Waals surface area contributed by atoms with E-state index in [4.69, 9.17) is 5.11 Å². The Labute approximate surface area is 130 Å². The standard InChI is InChI=1S/C16H15FN2O4/c17-8-4-5-9-11(7-14(20)18-13(9)6-8)15(21)19-12-3-1-2-10(12)16(22)23/h4-7,10,12H,1-3H2,(H,18,20)(H,19,21)(H,22,23)/t10-,12+/m1/s1. The molecule has 6 nitrogen and oxygen atoms in total. The smallest absolute Gasteiger partial charge is 0.308 e. The summed E-state index contributed by atoms with van der Waals surface area (Å²) < 4.78 is 13.3. The summed E-state index contributed by atoms with van der Waals surface area (Å²) in [5, 5.41) is 12.3. The summed E-state index contributed by atoms with van der Waals surface area (Å²) in [7, 11) is 0. The summed E-state index contributed by atoms with van der Waals surface area (Å²) in [4.78, 5) is 37.8. The average molecular weight is 318 g/mol. The molecule has 2 aromatic rings. The maximum atomic E-state index is 13.3. The van der Waals surface area contributed by atoms with Crippen LogP contribution in [0.2, 0.25) is 0 Å². The van der Waals surface area contributed by atoms with Crippen molar-refractivity contribution in [2.45, 2.75) is 25.3 Å². The maximum absolute atomic E-state index is 13.3. The summed E-state index contributed by atoms with van der Waals surface area (Å²) >= 11 is 0. The molecule has 1 aromatic carbocycles. The molecule has 3 rings (SSSR count). The Morgan fingerprint density at radius 3 is 2.78 bits per heavy atom. The third-order valence-corrected chi connectivity index (χ3v) is 4.20. The zero-order valence-corrected chi connectivity index (χ0v) is 12.1. The minimum absolute atomic E-state index is 0.111. The first-order chi connectivity index (χ1) is 11.0. The highest BCUT2D eigenvalue weighted by molar-refractivity contribution is 6.06. The van der Waals surface area contributed by atoms with Gasteiger partial charge < -0.3 is 15.4 Å². The molecule has 0 unspecified atom stereocenters. The van der Waals surface area contributed by atoms with Crippen LogP contribution in [0.15, 0.2) is 29.1 Å². The highest BCUT2D eigenvalue weighted by atomic mass is 19.1. The van der Waals surface area contributed by atoms with Crippen molar-refractivity contribution in [3.8, 4) is 0 Å². The van der Waals surface area contributed by atoms with Crippen molar-refractivity contribution >= 4 is 22.8 Å². The van der Waals surface area contributed by atoms with E-state index in [1.54, 1.807) is 0 Å². The number of H-pyrrole nitrogens is 1. The maximum Gasteiger partial charge on any atom is 0.308 e. The molecule has 2 atom stereocenters. The number of pyridine rings is 1. The van der Waals surface area contributed by atoms with Crippen LogP contribution in [-0.4, -0.2) is 28.0 Å². The number of carboxylic acid groups (broad SMARTS) is 1. The van der Waals surface area contributed by atoms with E-state index in [1.807, 2.05) is 0 Å². The van der Waals surface area contributed by atoms with Gasteiger partial charge in [-0.2, -0.15) is 0 Å². The second-order valence-electron chi connectivity index (χ2n) is 5.69. The minimum Gasteiger partial charge on any atom is -0.481 e.